The molecule has 0 fully saturated rings. The van der Waals surface area contributed by atoms with Crippen LogP contribution in [-0.4, -0.2) is 52.0 Å². The van der Waals surface area contributed by atoms with Gasteiger partial charge in [-0.05, 0) is 51.4 Å². The largest absolute Gasteiger partial charge is 0.419 e. The number of hydrogen-bond acceptors (Lipinski definition) is 8. The van der Waals surface area contributed by atoms with Gasteiger partial charge in [-0.1, -0.05) is 0 Å². The van der Waals surface area contributed by atoms with Crippen LogP contribution in [-0.2, 0) is 22.7 Å². The fourth-order valence-electron chi connectivity index (χ4n) is 3.28. The van der Waals surface area contributed by atoms with E-state index >= 15 is 0 Å². The average molecular weight is 546 g/mol. The predicted octanol–water partition coefficient (Wildman–Crippen LogP) is 3.03. The molecule has 0 aliphatic heterocycles. The lowest BCUT2D eigenvalue weighted by Gasteiger charge is -2.16. The smallest absolute Gasteiger partial charge is 0.389 e. The lowest BCUT2D eigenvalue weighted by molar-refractivity contribution is -0.137. The van der Waals surface area contributed by atoms with E-state index in [1.54, 1.807) is 0 Å². The zero-order valence-electron chi connectivity index (χ0n) is 20.0. The summed E-state index contributed by atoms with van der Waals surface area (Å²) in [5, 5.41) is 16.4. The van der Waals surface area contributed by atoms with Crippen molar-refractivity contribution in [3.8, 4) is 11.3 Å². The fraction of sp³-hybridized carbons (Fsp3) is 0.409. The molecule has 1 aromatic carbocycles. The maximum absolute atomic E-state index is 14.7. The van der Waals surface area contributed by atoms with E-state index in [4.69, 9.17) is 5.73 Å². The average Bonchev–Trinajstić information content (AvgIpc) is 3.24. The van der Waals surface area contributed by atoms with Gasteiger partial charge in [-0.25, -0.2) is 27.5 Å². The molecule has 3 aromatic rings. The van der Waals surface area contributed by atoms with E-state index in [1.165, 1.54) is 24.7 Å². The lowest BCUT2D eigenvalue weighted by Crippen LogP contribution is -2.26. The molecule has 0 unspecified atom stereocenters. The highest BCUT2D eigenvalue weighted by molar-refractivity contribution is 7.89. The van der Waals surface area contributed by atoms with Gasteiger partial charge in [0.2, 0.25) is 16.0 Å². The van der Waals surface area contributed by atoms with Crippen LogP contribution in [0.25, 0.3) is 11.3 Å². The summed E-state index contributed by atoms with van der Waals surface area (Å²) in [5.74, 6) is -1.33. The highest BCUT2D eigenvalue weighted by atomic mass is 32.2. The second-order valence-electron chi connectivity index (χ2n) is 8.85. The Labute approximate surface area is 211 Å². The molecular formula is C22H27F4N7O3S. The van der Waals surface area contributed by atoms with Crippen LogP contribution in [0, 0.1) is 5.82 Å². The van der Waals surface area contributed by atoms with Crippen molar-refractivity contribution >= 4 is 21.7 Å². The predicted molar refractivity (Wildman–Crippen MR) is 128 cm³/mol. The molecule has 2 aromatic heterocycles. The van der Waals surface area contributed by atoms with Crippen molar-refractivity contribution in [1.29, 1.82) is 0 Å². The summed E-state index contributed by atoms with van der Waals surface area (Å²) in [7, 11) is -3.97. The number of hydrogen-bond donors (Lipinski definition) is 4. The highest BCUT2D eigenvalue weighted by Crippen LogP contribution is 2.36. The molecule has 0 atom stereocenters. The quantitative estimate of drug-likeness (QED) is 0.212. The van der Waals surface area contributed by atoms with Crippen molar-refractivity contribution in [1.82, 2.24) is 24.5 Å². The van der Waals surface area contributed by atoms with Gasteiger partial charge in [0.25, 0.3) is 0 Å². The summed E-state index contributed by atoms with van der Waals surface area (Å²) in [5.41, 5.74) is 2.33. The van der Waals surface area contributed by atoms with Crippen LogP contribution >= 0.6 is 0 Å². The topological polar surface area (TPSA) is 148 Å². The summed E-state index contributed by atoms with van der Waals surface area (Å²) in [6, 6.07) is 3.04. The van der Waals surface area contributed by atoms with Gasteiger partial charge < -0.3 is 16.2 Å². The number of halogens is 4. The molecule has 0 saturated heterocycles. The molecule has 15 heteroatoms. The number of nitrogens with two attached hydrogens (primary N) is 1. The van der Waals surface area contributed by atoms with Crippen LogP contribution in [0.1, 0.15) is 32.3 Å². The molecule has 0 bridgehead atoms. The van der Waals surface area contributed by atoms with Gasteiger partial charge in [0.1, 0.15) is 11.4 Å². The Morgan fingerprint density at radius 2 is 1.89 bits per heavy atom. The van der Waals surface area contributed by atoms with E-state index in [2.05, 4.69) is 25.1 Å². The number of unbranched alkanes of at least 4 members (excludes halogenated alkanes) is 1. The first-order chi connectivity index (χ1) is 17.2. The number of anilines is 2. The molecule has 0 saturated carbocycles. The molecule has 0 spiro atoms. The normalized spacial score (nSPS) is 12.6. The van der Waals surface area contributed by atoms with Crippen molar-refractivity contribution in [2.75, 3.05) is 18.4 Å². The van der Waals surface area contributed by atoms with Crippen LogP contribution in [0.3, 0.4) is 0 Å². The molecule has 0 aliphatic rings. The summed E-state index contributed by atoms with van der Waals surface area (Å²) < 4.78 is 83.9. The van der Waals surface area contributed by atoms with E-state index < -0.39 is 38.9 Å². The van der Waals surface area contributed by atoms with E-state index in [-0.39, 0.29) is 35.2 Å². The van der Waals surface area contributed by atoms with Crippen LogP contribution in [0.15, 0.2) is 41.7 Å². The number of alkyl halides is 3. The maximum Gasteiger partial charge on any atom is 0.419 e. The number of benzene rings is 1. The molecule has 3 rings (SSSR count). The maximum atomic E-state index is 14.7. The first kappa shape index (κ1) is 28.4. The second-order valence-corrected chi connectivity index (χ2v) is 10.6. The van der Waals surface area contributed by atoms with Crippen molar-refractivity contribution in [2.24, 2.45) is 5.73 Å². The molecule has 0 aliphatic carbocycles. The van der Waals surface area contributed by atoms with E-state index in [0.29, 0.717) is 25.6 Å². The Morgan fingerprint density at radius 3 is 2.51 bits per heavy atom. The number of aromatic nitrogens is 4. The van der Waals surface area contributed by atoms with Gasteiger partial charge in [0.05, 0.1) is 34.6 Å². The van der Waals surface area contributed by atoms with E-state index in [1.807, 2.05) is 0 Å². The summed E-state index contributed by atoms with van der Waals surface area (Å²) in [6.07, 6.45) is -0.643. The second kappa shape index (κ2) is 11.1. The third kappa shape index (κ3) is 7.67. The van der Waals surface area contributed by atoms with Crippen LogP contribution < -0.4 is 15.8 Å². The minimum atomic E-state index is -4.79. The number of rotatable bonds is 11. The molecule has 0 radical (unpaired) electrons. The Balaban J connectivity index is 1.88. The number of nitrogens with one attached hydrogen (secondary N) is 2. The highest BCUT2D eigenvalue weighted by Gasteiger charge is 2.36. The Hall–Kier alpha value is -3.14. The van der Waals surface area contributed by atoms with Crippen LogP contribution in [0.5, 0.6) is 0 Å². The Bertz CT molecular complexity index is 1340. The minimum absolute atomic E-state index is 0.00430. The van der Waals surface area contributed by atoms with Gasteiger partial charge >= 0.3 is 6.18 Å². The zero-order valence-corrected chi connectivity index (χ0v) is 20.9. The standard InChI is InChI=1S/C22H27F4N7O3S/c1-21(2,34)13-33-12-14(10-29-33)19-16(22(24,25)26)11-28-20(32-19)31-18-6-5-15(9-17(18)23)37(35,36)30-8-4-3-7-27/h5-6,9-12,30,34H,3-4,7-8,13,27H2,1-2H3,(H,28,31,32). The third-order valence-electron chi connectivity index (χ3n) is 4.97. The fourth-order valence-corrected chi connectivity index (χ4v) is 4.37. The zero-order chi connectivity index (χ0) is 27.4. The molecule has 10 nitrogen and oxygen atoms in total. The van der Waals surface area contributed by atoms with Gasteiger partial charge in [-0.15, -0.1) is 0 Å². The molecule has 37 heavy (non-hydrogen) atoms. The third-order valence-corrected chi connectivity index (χ3v) is 6.43. The number of nitrogens with zero attached hydrogens (tertiary/aromatic N) is 4. The molecule has 5 N–H and O–H groups in total. The van der Waals surface area contributed by atoms with E-state index in [0.717, 1.165) is 24.4 Å². The van der Waals surface area contributed by atoms with Crippen LogP contribution in [0.2, 0.25) is 0 Å². The van der Waals surface area contributed by atoms with Crippen molar-refractivity contribution in [3.05, 3.63) is 48.2 Å². The van der Waals surface area contributed by atoms with Gasteiger partial charge in [-0.3, -0.25) is 4.68 Å². The summed E-state index contributed by atoms with van der Waals surface area (Å²) >= 11 is 0. The molecule has 202 valence electrons. The molecule has 2 heterocycles. The molecular weight excluding hydrogens is 518 g/mol. The lowest BCUT2D eigenvalue weighted by atomic mass is 10.1. The summed E-state index contributed by atoms with van der Waals surface area (Å²) in [6.45, 7) is 3.60. The van der Waals surface area contributed by atoms with Crippen LogP contribution in [0.4, 0.5) is 29.2 Å². The van der Waals surface area contributed by atoms with Gasteiger partial charge in [-0.2, -0.15) is 18.3 Å². The van der Waals surface area contributed by atoms with Gasteiger partial charge in [0.15, 0.2) is 0 Å². The Kier molecular flexibility index (Phi) is 8.52. The van der Waals surface area contributed by atoms with Crippen molar-refractivity contribution in [2.45, 2.75) is 49.9 Å². The van der Waals surface area contributed by atoms with E-state index in [9.17, 15) is 31.1 Å². The number of aliphatic hydroxyl groups is 1. The first-order valence-corrected chi connectivity index (χ1v) is 12.6. The monoisotopic (exact) mass is 545 g/mol. The molecule has 0 amide bonds. The summed E-state index contributed by atoms with van der Waals surface area (Å²) in [4.78, 5) is 7.24. The first-order valence-electron chi connectivity index (χ1n) is 11.2. The van der Waals surface area contributed by atoms with Gasteiger partial charge in [0, 0.05) is 24.5 Å². The van der Waals surface area contributed by atoms with Crippen molar-refractivity contribution in [3.63, 3.8) is 0 Å². The number of sulfonamides is 1. The SMILES string of the molecule is CC(C)(O)Cn1cc(-c2nc(Nc3ccc(S(=O)(=O)NCCCCN)cc3F)ncc2C(F)(F)F)cn1. The Morgan fingerprint density at radius 1 is 1.16 bits per heavy atom. The minimum Gasteiger partial charge on any atom is -0.389 e. The van der Waals surface area contributed by atoms with Crippen molar-refractivity contribution < 1.29 is 31.1 Å².